The second-order valence-electron chi connectivity index (χ2n) is 4.68. The highest BCUT2D eigenvalue weighted by molar-refractivity contribution is 5.74. The summed E-state index contributed by atoms with van der Waals surface area (Å²) in [5, 5.41) is 29.0. The second-order valence-corrected chi connectivity index (χ2v) is 4.68. The zero-order valence-corrected chi connectivity index (χ0v) is 12.0. The van der Waals surface area contributed by atoms with Gasteiger partial charge in [0.25, 0.3) is 0 Å². The molecule has 0 fully saturated rings. The van der Waals surface area contributed by atoms with Gasteiger partial charge in [-0.2, -0.15) is 15.6 Å². The number of aryl methyl sites for hydroxylation is 1. The van der Waals surface area contributed by atoms with Gasteiger partial charge in [-0.15, -0.1) is 10.2 Å². The number of H-pyrrole nitrogens is 1. The number of aromatic amines is 1. The summed E-state index contributed by atoms with van der Waals surface area (Å²) in [4.78, 5) is 0. The molecule has 2 N–H and O–H groups in total. The Kier molecular flexibility index (Phi) is 3.80. The molecule has 0 saturated heterocycles. The van der Waals surface area contributed by atoms with Crippen LogP contribution >= 0.6 is 0 Å². The van der Waals surface area contributed by atoms with Crippen molar-refractivity contribution >= 4 is 11.3 Å². The van der Waals surface area contributed by atoms with E-state index in [2.05, 4.69) is 31.0 Å². The summed E-state index contributed by atoms with van der Waals surface area (Å²) in [5.41, 5.74) is 1.93. The van der Waals surface area contributed by atoms with Gasteiger partial charge in [0.2, 0.25) is 5.82 Å². The van der Waals surface area contributed by atoms with Crippen molar-refractivity contribution in [2.45, 2.75) is 6.92 Å². The molecular formula is C14H11FN8. The van der Waals surface area contributed by atoms with Crippen LogP contribution in [0.1, 0.15) is 11.4 Å². The van der Waals surface area contributed by atoms with Crippen molar-refractivity contribution in [3.05, 3.63) is 54.0 Å². The summed E-state index contributed by atoms with van der Waals surface area (Å²) in [6.07, 6.45) is 4.77. The Morgan fingerprint density at radius 1 is 1.48 bits per heavy atom. The van der Waals surface area contributed by atoms with Crippen LogP contribution in [0.25, 0.3) is 11.3 Å². The van der Waals surface area contributed by atoms with Crippen molar-refractivity contribution in [3.63, 3.8) is 0 Å². The Labute approximate surface area is 130 Å². The maximum atomic E-state index is 14.2. The quantitative estimate of drug-likeness (QED) is 0.711. The van der Waals surface area contributed by atoms with Crippen LogP contribution in [-0.2, 0) is 0 Å². The van der Waals surface area contributed by atoms with Gasteiger partial charge >= 0.3 is 0 Å². The van der Waals surface area contributed by atoms with Crippen LogP contribution in [0.2, 0.25) is 0 Å². The molecule has 0 radical (unpaired) electrons. The van der Waals surface area contributed by atoms with E-state index in [0.717, 1.165) is 5.56 Å². The molecule has 9 heteroatoms. The number of nitrogens with zero attached hydrogens (tertiary/aromatic N) is 6. The molecular weight excluding hydrogens is 299 g/mol. The van der Waals surface area contributed by atoms with Crippen molar-refractivity contribution in [2.75, 3.05) is 5.32 Å². The van der Waals surface area contributed by atoms with Gasteiger partial charge in [-0.3, -0.25) is 0 Å². The number of aromatic nitrogens is 6. The van der Waals surface area contributed by atoms with Gasteiger partial charge in [0.15, 0.2) is 5.82 Å². The topological polar surface area (TPSA) is 108 Å². The van der Waals surface area contributed by atoms with E-state index in [9.17, 15) is 4.39 Å². The van der Waals surface area contributed by atoms with E-state index in [1.807, 2.05) is 13.0 Å². The molecule has 23 heavy (non-hydrogen) atoms. The fourth-order valence-electron chi connectivity index (χ4n) is 1.91. The van der Waals surface area contributed by atoms with Crippen molar-refractivity contribution < 1.29 is 4.39 Å². The van der Waals surface area contributed by atoms with Crippen molar-refractivity contribution in [3.8, 4) is 11.8 Å². The average Bonchev–Trinajstić information content (AvgIpc) is 3.20. The van der Waals surface area contributed by atoms with E-state index >= 15 is 0 Å². The first-order valence-corrected chi connectivity index (χ1v) is 6.59. The highest BCUT2D eigenvalue weighted by Gasteiger charge is 2.08. The molecule has 0 spiro atoms. The fourth-order valence-corrected chi connectivity index (χ4v) is 1.91. The third-order valence-corrected chi connectivity index (χ3v) is 3.00. The van der Waals surface area contributed by atoms with E-state index in [1.54, 1.807) is 24.5 Å². The number of hydrogen-bond donors (Lipinski definition) is 2. The van der Waals surface area contributed by atoms with Gasteiger partial charge < -0.3 is 5.32 Å². The van der Waals surface area contributed by atoms with Gasteiger partial charge in [-0.1, -0.05) is 0 Å². The van der Waals surface area contributed by atoms with E-state index in [4.69, 9.17) is 5.26 Å². The minimum Gasteiger partial charge on any atom is -0.360 e. The van der Waals surface area contributed by atoms with Crippen molar-refractivity contribution in [1.82, 2.24) is 30.4 Å². The molecule has 8 nitrogen and oxygen atoms in total. The maximum Gasteiger partial charge on any atom is 0.216 e. The average molecular weight is 310 g/mol. The molecule has 0 aliphatic heterocycles. The molecule has 2 aromatic heterocycles. The lowest BCUT2D eigenvalue weighted by molar-refractivity contribution is 0.611. The third-order valence-electron chi connectivity index (χ3n) is 3.00. The highest BCUT2D eigenvalue weighted by atomic mass is 19.1. The summed E-state index contributed by atoms with van der Waals surface area (Å²) >= 11 is 0. The fraction of sp³-hybridized carbons (Fsp3) is 0.0714. The molecule has 2 heterocycles. The molecule has 0 unspecified atom stereocenters. The number of hydrogen-bond acceptors (Lipinski definition) is 6. The van der Waals surface area contributed by atoms with Crippen LogP contribution in [0, 0.1) is 24.1 Å². The molecule has 0 bridgehead atoms. The summed E-state index contributed by atoms with van der Waals surface area (Å²) in [7, 11) is 0. The van der Waals surface area contributed by atoms with Crippen molar-refractivity contribution in [1.29, 1.82) is 5.26 Å². The molecule has 3 aromatic rings. The number of benzene rings is 1. The maximum absolute atomic E-state index is 14.2. The Hall–Kier alpha value is -3.54. The van der Waals surface area contributed by atoms with Crippen LogP contribution in [0.3, 0.4) is 0 Å². The summed E-state index contributed by atoms with van der Waals surface area (Å²) < 4.78 is 15.7. The number of allylic oxidation sites excluding steroid dienone is 1. The molecule has 114 valence electrons. The Bertz CT molecular complexity index is 888. The SMILES string of the molecule is Cc1cnn(-c2ccc(NC=C(C#N)c3nn[nH]n3)cc2F)c1. The van der Waals surface area contributed by atoms with E-state index in [-0.39, 0.29) is 11.4 Å². The largest absolute Gasteiger partial charge is 0.360 e. The Morgan fingerprint density at radius 3 is 2.96 bits per heavy atom. The highest BCUT2D eigenvalue weighted by Crippen LogP contribution is 2.19. The number of nitriles is 1. The van der Waals surface area contributed by atoms with Gasteiger partial charge in [0.05, 0.1) is 6.20 Å². The standard InChI is InChI=1S/C14H11FN8/c1-9-6-18-23(8-9)13-3-2-11(4-12(13)15)17-7-10(5-16)14-19-21-22-20-14/h2-4,6-8,17H,1H3,(H,19,20,21,22). The first-order chi connectivity index (χ1) is 11.2. The molecule has 0 aliphatic carbocycles. The molecule has 0 saturated carbocycles. The number of tetrazole rings is 1. The molecule has 3 rings (SSSR count). The van der Waals surface area contributed by atoms with Crippen molar-refractivity contribution in [2.24, 2.45) is 0 Å². The number of rotatable bonds is 4. The first-order valence-electron chi connectivity index (χ1n) is 6.59. The van der Waals surface area contributed by atoms with Crippen LogP contribution < -0.4 is 5.32 Å². The summed E-state index contributed by atoms with van der Waals surface area (Å²) in [6.45, 7) is 1.88. The Morgan fingerprint density at radius 2 is 2.35 bits per heavy atom. The minimum absolute atomic E-state index is 0.157. The molecule has 0 aliphatic rings. The van der Waals surface area contributed by atoms with E-state index in [0.29, 0.717) is 11.4 Å². The van der Waals surface area contributed by atoms with Crippen LogP contribution in [0.5, 0.6) is 0 Å². The second kappa shape index (κ2) is 6.07. The Balaban J connectivity index is 1.82. The summed E-state index contributed by atoms with van der Waals surface area (Å²) in [5.74, 6) is -0.284. The number of anilines is 1. The van der Waals surface area contributed by atoms with Gasteiger partial charge in [-0.05, 0) is 35.9 Å². The minimum atomic E-state index is -0.440. The van der Waals surface area contributed by atoms with Gasteiger partial charge in [-0.25, -0.2) is 9.07 Å². The van der Waals surface area contributed by atoms with Crippen LogP contribution in [0.4, 0.5) is 10.1 Å². The van der Waals surface area contributed by atoms with Gasteiger partial charge in [0, 0.05) is 18.1 Å². The monoisotopic (exact) mass is 310 g/mol. The first kappa shape index (κ1) is 14.4. The number of nitrogens with one attached hydrogen (secondary N) is 2. The van der Waals surface area contributed by atoms with Crippen LogP contribution in [-0.4, -0.2) is 30.4 Å². The smallest absolute Gasteiger partial charge is 0.216 e. The van der Waals surface area contributed by atoms with E-state index < -0.39 is 5.82 Å². The lowest BCUT2D eigenvalue weighted by Crippen LogP contribution is -1.99. The van der Waals surface area contributed by atoms with Gasteiger partial charge in [0.1, 0.15) is 17.3 Å². The summed E-state index contributed by atoms with van der Waals surface area (Å²) in [6, 6.07) is 6.52. The molecule has 0 atom stereocenters. The predicted molar refractivity (Wildman–Crippen MR) is 79.6 cm³/mol. The molecule has 0 amide bonds. The number of halogens is 1. The third kappa shape index (κ3) is 3.06. The lowest BCUT2D eigenvalue weighted by atomic mass is 10.2. The zero-order valence-electron chi connectivity index (χ0n) is 12.0. The predicted octanol–water partition coefficient (Wildman–Crippen LogP) is 1.81. The molecule has 1 aromatic carbocycles. The normalized spacial score (nSPS) is 11.3. The van der Waals surface area contributed by atoms with Crippen LogP contribution in [0.15, 0.2) is 36.8 Å². The lowest BCUT2D eigenvalue weighted by Gasteiger charge is -2.06. The van der Waals surface area contributed by atoms with E-state index in [1.165, 1.54) is 16.9 Å². The zero-order chi connectivity index (χ0) is 16.2.